The van der Waals surface area contributed by atoms with E-state index in [9.17, 15) is 24.1 Å². The topological polar surface area (TPSA) is 111 Å². The highest BCUT2D eigenvalue weighted by Gasteiger charge is 2.17. The van der Waals surface area contributed by atoms with Crippen molar-refractivity contribution >= 4 is 34.2 Å². The second kappa shape index (κ2) is 8.01. The molecule has 0 fully saturated rings. The summed E-state index contributed by atoms with van der Waals surface area (Å²) >= 11 is 0. The molecule has 0 atom stereocenters. The molecule has 0 radical (unpaired) electrons. The third-order valence-corrected chi connectivity index (χ3v) is 4.30. The Labute approximate surface area is 164 Å². The summed E-state index contributed by atoms with van der Waals surface area (Å²) in [5, 5.41) is 14.0. The molecule has 0 aliphatic heterocycles. The Kier molecular flexibility index (Phi) is 5.49. The van der Waals surface area contributed by atoms with Crippen LogP contribution in [-0.2, 0) is 9.53 Å². The van der Waals surface area contributed by atoms with E-state index < -0.39 is 29.2 Å². The predicted octanol–water partition coefficient (Wildman–Crippen LogP) is 3.69. The van der Waals surface area contributed by atoms with Crippen molar-refractivity contribution in [3.05, 3.63) is 75.2 Å². The number of nitro benzene ring substituents is 1. The number of halogens is 1. The number of anilines is 1. The zero-order chi connectivity index (χ0) is 21.1. The highest BCUT2D eigenvalue weighted by molar-refractivity contribution is 5.98. The molecule has 1 amide bonds. The summed E-state index contributed by atoms with van der Waals surface area (Å²) in [6.45, 7) is 2.50. The van der Waals surface area contributed by atoms with Crippen LogP contribution in [-0.4, -0.2) is 28.4 Å². The Balaban J connectivity index is 1.69. The fourth-order valence-corrected chi connectivity index (χ4v) is 2.79. The van der Waals surface area contributed by atoms with Gasteiger partial charge in [0.1, 0.15) is 5.82 Å². The highest BCUT2D eigenvalue weighted by Crippen LogP contribution is 2.25. The largest absolute Gasteiger partial charge is 0.452 e. The minimum Gasteiger partial charge on any atom is -0.452 e. The number of pyridine rings is 1. The molecule has 9 heteroatoms. The smallest absolute Gasteiger partial charge is 0.340 e. The molecule has 8 nitrogen and oxygen atoms in total. The van der Waals surface area contributed by atoms with Crippen LogP contribution in [0.2, 0.25) is 0 Å². The van der Waals surface area contributed by atoms with Crippen LogP contribution in [0.3, 0.4) is 0 Å². The zero-order valence-corrected chi connectivity index (χ0v) is 15.6. The maximum atomic E-state index is 13.3. The van der Waals surface area contributed by atoms with Gasteiger partial charge in [0.15, 0.2) is 6.61 Å². The monoisotopic (exact) mass is 397 g/mol. The van der Waals surface area contributed by atoms with E-state index >= 15 is 0 Å². The van der Waals surface area contributed by atoms with Crippen molar-refractivity contribution < 1.29 is 23.6 Å². The Hall–Kier alpha value is -3.88. The minimum absolute atomic E-state index is 0.130. The van der Waals surface area contributed by atoms with Crippen LogP contribution >= 0.6 is 0 Å². The molecule has 3 aromatic rings. The molecule has 29 heavy (non-hydrogen) atoms. The number of hydrogen-bond donors (Lipinski definition) is 1. The average Bonchev–Trinajstić information content (AvgIpc) is 2.67. The normalized spacial score (nSPS) is 10.6. The van der Waals surface area contributed by atoms with Gasteiger partial charge in [-0.25, -0.2) is 9.18 Å². The molecular weight excluding hydrogens is 381 g/mol. The Morgan fingerprint density at radius 1 is 1.21 bits per heavy atom. The highest BCUT2D eigenvalue weighted by atomic mass is 19.1. The number of fused-ring (bicyclic) bond motifs is 1. The van der Waals surface area contributed by atoms with Crippen molar-refractivity contribution in [1.29, 1.82) is 0 Å². The standard InChI is InChI=1S/C20H16FN3O5/c1-11-16(4-3-5-18(11)24(27)28)23-19(25)10-29-20(26)15-8-13-6-7-14(21)9-17(13)22-12(15)2/h3-9H,10H2,1-2H3,(H,23,25). The summed E-state index contributed by atoms with van der Waals surface area (Å²) in [7, 11) is 0. The van der Waals surface area contributed by atoms with Crippen LogP contribution in [0.5, 0.6) is 0 Å². The van der Waals surface area contributed by atoms with Crippen molar-refractivity contribution in [2.45, 2.75) is 13.8 Å². The second-order valence-corrected chi connectivity index (χ2v) is 6.29. The zero-order valence-electron chi connectivity index (χ0n) is 15.6. The maximum Gasteiger partial charge on any atom is 0.340 e. The van der Waals surface area contributed by atoms with Gasteiger partial charge in [-0.05, 0) is 38.1 Å². The molecule has 2 aromatic carbocycles. The first-order valence-electron chi connectivity index (χ1n) is 8.54. The Morgan fingerprint density at radius 2 is 1.97 bits per heavy atom. The minimum atomic E-state index is -0.757. The Morgan fingerprint density at radius 3 is 2.69 bits per heavy atom. The van der Waals surface area contributed by atoms with E-state index in [4.69, 9.17) is 4.74 Å². The number of carbonyl (C=O) groups is 2. The van der Waals surface area contributed by atoms with Gasteiger partial charge in [-0.3, -0.25) is 19.9 Å². The second-order valence-electron chi connectivity index (χ2n) is 6.29. The van der Waals surface area contributed by atoms with Gasteiger partial charge in [0.05, 0.1) is 32.9 Å². The molecule has 148 valence electrons. The summed E-state index contributed by atoms with van der Waals surface area (Å²) in [6, 6.07) is 9.80. The van der Waals surface area contributed by atoms with Crippen LogP contribution < -0.4 is 5.32 Å². The van der Waals surface area contributed by atoms with E-state index in [1.54, 1.807) is 6.92 Å². The molecule has 1 aromatic heterocycles. The van der Waals surface area contributed by atoms with E-state index in [0.717, 1.165) is 0 Å². The predicted molar refractivity (Wildman–Crippen MR) is 103 cm³/mol. The first-order chi connectivity index (χ1) is 13.8. The quantitative estimate of drug-likeness (QED) is 0.399. The third-order valence-electron chi connectivity index (χ3n) is 4.30. The number of hydrogen-bond acceptors (Lipinski definition) is 6. The molecule has 1 heterocycles. The van der Waals surface area contributed by atoms with E-state index in [1.165, 1.54) is 49.4 Å². The molecular formula is C20H16FN3O5. The van der Waals surface area contributed by atoms with Crippen molar-refractivity contribution in [3.63, 3.8) is 0 Å². The summed E-state index contributed by atoms with van der Waals surface area (Å²) in [5.41, 5.74) is 1.31. The number of nitrogens with zero attached hydrogens (tertiary/aromatic N) is 2. The lowest BCUT2D eigenvalue weighted by Gasteiger charge is -2.10. The van der Waals surface area contributed by atoms with Gasteiger partial charge >= 0.3 is 5.97 Å². The van der Waals surface area contributed by atoms with Gasteiger partial charge in [-0.1, -0.05) is 6.07 Å². The summed E-state index contributed by atoms with van der Waals surface area (Å²) in [5.74, 6) is -1.84. The number of aryl methyl sites for hydroxylation is 1. The van der Waals surface area contributed by atoms with Gasteiger partial charge in [-0.15, -0.1) is 0 Å². The van der Waals surface area contributed by atoms with Gasteiger partial charge in [0.25, 0.3) is 11.6 Å². The van der Waals surface area contributed by atoms with Gasteiger partial charge < -0.3 is 10.1 Å². The maximum absolute atomic E-state index is 13.3. The van der Waals surface area contributed by atoms with Gasteiger partial charge in [0, 0.05) is 17.5 Å². The lowest BCUT2D eigenvalue weighted by Crippen LogP contribution is -2.22. The van der Waals surface area contributed by atoms with Crippen LogP contribution in [0.4, 0.5) is 15.8 Å². The summed E-state index contributed by atoms with van der Waals surface area (Å²) in [4.78, 5) is 39.0. The molecule has 0 aliphatic carbocycles. The van der Waals surface area contributed by atoms with E-state index in [1.807, 2.05) is 0 Å². The fourth-order valence-electron chi connectivity index (χ4n) is 2.79. The van der Waals surface area contributed by atoms with E-state index in [0.29, 0.717) is 22.2 Å². The fraction of sp³-hybridized carbons (Fsp3) is 0.150. The number of amides is 1. The SMILES string of the molecule is Cc1nc2cc(F)ccc2cc1C(=O)OCC(=O)Nc1cccc([N+](=O)[O-])c1C. The number of rotatable bonds is 5. The van der Waals surface area contributed by atoms with Crippen LogP contribution in [0.1, 0.15) is 21.6 Å². The lowest BCUT2D eigenvalue weighted by atomic mass is 10.1. The molecule has 0 bridgehead atoms. The number of esters is 1. The molecule has 0 unspecified atom stereocenters. The molecule has 0 aliphatic rings. The number of ether oxygens (including phenoxy) is 1. The number of aromatic nitrogens is 1. The van der Waals surface area contributed by atoms with Crippen LogP contribution in [0.25, 0.3) is 10.9 Å². The van der Waals surface area contributed by atoms with Gasteiger partial charge in [-0.2, -0.15) is 0 Å². The van der Waals surface area contributed by atoms with E-state index in [2.05, 4.69) is 10.3 Å². The number of carbonyl (C=O) groups excluding carboxylic acids is 2. The van der Waals surface area contributed by atoms with Crippen molar-refractivity contribution in [2.75, 3.05) is 11.9 Å². The molecule has 0 saturated carbocycles. The van der Waals surface area contributed by atoms with Gasteiger partial charge in [0.2, 0.25) is 0 Å². The van der Waals surface area contributed by atoms with Crippen LogP contribution in [0, 0.1) is 29.8 Å². The number of nitrogens with one attached hydrogen (secondary N) is 1. The molecule has 3 rings (SSSR count). The first kappa shape index (κ1) is 19.9. The van der Waals surface area contributed by atoms with Crippen molar-refractivity contribution in [1.82, 2.24) is 4.98 Å². The number of benzene rings is 2. The molecule has 0 spiro atoms. The third kappa shape index (κ3) is 4.34. The summed E-state index contributed by atoms with van der Waals surface area (Å²) in [6.07, 6.45) is 0. The lowest BCUT2D eigenvalue weighted by molar-refractivity contribution is -0.385. The average molecular weight is 397 g/mol. The number of nitro groups is 1. The van der Waals surface area contributed by atoms with E-state index in [-0.39, 0.29) is 16.9 Å². The van der Waals surface area contributed by atoms with Crippen LogP contribution in [0.15, 0.2) is 42.5 Å². The van der Waals surface area contributed by atoms with Crippen molar-refractivity contribution in [2.24, 2.45) is 0 Å². The Bertz CT molecular complexity index is 1150. The summed E-state index contributed by atoms with van der Waals surface area (Å²) < 4.78 is 18.3. The van der Waals surface area contributed by atoms with Crippen molar-refractivity contribution in [3.8, 4) is 0 Å². The first-order valence-corrected chi connectivity index (χ1v) is 8.54. The molecule has 0 saturated heterocycles. The molecule has 1 N–H and O–H groups in total.